The molecule has 2 atom stereocenters. The summed E-state index contributed by atoms with van der Waals surface area (Å²) >= 11 is 0. The number of rotatable bonds is 6. The van der Waals surface area contributed by atoms with Gasteiger partial charge in [-0.05, 0) is 33.3 Å². The van der Waals surface area contributed by atoms with Crippen LogP contribution in [0, 0.1) is 13.8 Å². The van der Waals surface area contributed by atoms with Gasteiger partial charge in [0.05, 0.1) is 30.8 Å². The van der Waals surface area contributed by atoms with Crippen molar-refractivity contribution >= 4 is 11.7 Å². The normalized spacial score (nSPS) is 20.0. The Balaban J connectivity index is 1.64. The Labute approximate surface area is 153 Å². The van der Waals surface area contributed by atoms with Gasteiger partial charge in [-0.1, -0.05) is 0 Å². The zero-order valence-electron chi connectivity index (χ0n) is 15.5. The van der Waals surface area contributed by atoms with E-state index in [0.717, 1.165) is 35.7 Å². The number of anilines is 1. The van der Waals surface area contributed by atoms with Crippen LogP contribution in [-0.4, -0.2) is 51.0 Å². The molecule has 3 heterocycles. The first-order chi connectivity index (χ1) is 12.6. The van der Waals surface area contributed by atoms with Crippen LogP contribution in [-0.2, 0) is 22.5 Å². The molecule has 0 saturated carbocycles. The monoisotopic (exact) mass is 358 g/mol. The Bertz CT molecular complexity index is 746. The van der Waals surface area contributed by atoms with Crippen molar-refractivity contribution in [1.29, 1.82) is 0 Å². The molecule has 2 aromatic heterocycles. The fourth-order valence-corrected chi connectivity index (χ4v) is 3.34. The predicted octanol–water partition coefficient (Wildman–Crippen LogP) is 1.24. The minimum absolute atomic E-state index is 0.00644. The third-order valence-corrected chi connectivity index (χ3v) is 4.79. The lowest BCUT2D eigenvalue weighted by atomic mass is 10.0. The number of ether oxygens (including phenoxy) is 1. The number of carbonyl (C=O) groups excluding carboxylic acids is 1. The predicted molar refractivity (Wildman–Crippen MR) is 97.9 cm³/mol. The highest BCUT2D eigenvalue weighted by Gasteiger charge is 2.28. The van der Waals surface area contributed by atoms with Crippen LogP contribution in [0.2, 0.25) is 0 Å². The molecule has 0 unspecified atom stereocenters. The van der Waals surface area contributed by atoms with Crippen LogP contribution in [0.3, 0.4) is 0 Å². The standard InChI is InChI=1S/C18H26N6O2/c1-4-24-13(3)14(12(2)23-24)9-18(25)22-15-6-8-26-10-16(15)21-17-5-7-19-11-20-17/h5,7,11,15-16H,4,6,8-10H2,1-3H3,(H,22,25)(H,19,20,21)/t15-,16+/m0/s1. The van der Waals surface area contributed by atoms with Crippen molar-refractivity contribution < 1.29 is 9.53 Å². The first-order valence-electron chi connectivity index (χ1n) is 9.01. The van der Waals surface area contributed by atoms with Gasteiger partial charge < -0.3 is 15.4 Å². The van der Waals surface area contributed by atoms with Gasteiger partial charge in [0, 0.05) is 30.6 Å². The van der Waals surface area contributed by atoms with Gasteiger partial charge in [-0.3, -0.25) is 9.48 Å². The SMILES string of the molecule is CCn1nc(C)c(CC(=O)N[C@H]2CCOC[C@H]2Nc2ccncn2)c1C. The Morgan fingerprint density at radius 3 is 2.92 bits per heavy atom. The van der Waals surface area contributed by atoms with Gasteiger partial charge in [-0.2, -0.15) is 5.10 Å². The molecule has 0 aliphatic carbocycles. The molecule has 1 fully saturated rings. The Morgan fingerprint density at radius 2 is 2.23 bits per heavy atom. The molecule has 0 spiro atoms. The second kappa shape index (κ2) is 8.27. The van der Waals surface area contributed by atoms with E-state index in [0.29, 0.717) is 19.6 Å². The van der Waals surface area contributed by atoms with Crippen LogP contribution in [0.4, 0.5) is 5.82 Å². The van der Waals surface area contributed by atoms with Crippen molar-refractivity contribution in [3.8, 4) is 0 Å². The van der Waals surface area contributed by atoms with Gasteiger partial charge in [0.15, 0.2) is 0 Å². The van der Waals surface area contributed by atoms with E-state index in [9.17, 15) is 4.79 Å². The summed E-state index contributed by atoms with van der Waals surface area (Å²) < 4.78 is 7.51. The lowest BCUT2D eigenvalue weighted by Gasteiger charge is -2.33. The number of aryl methyl sites for hydroxylation is 2. The Hall–Kier alpha value is -2.48. The lowest BCUT2D eigenvalue weighted by Crippen LogP contribution is -2.52. The van der Waals surface area contributed by atoms with Crippen LogP contribution in [0.5, 0.6) is 0 Å². The van der Waals surface area contributed by atoms with Crippen molar-refractivity contribution in [3.63, 3.8) is 0 Å². The minimum atomic E-state index is -0.0249. The summed E-state index contributed by atoms with van der Waals surface area (Å²) in [6, 6.07) is 1.77. The summed E-state index contributed by atoms with van der Waals surface area (Å²) in [6.45, 7) is 7.99. The van der Waals surface area contributed by atoms with Crippen LogP contribution >= 0.6 is 0 Å². The molecule has 26 heavy (non-hydrogen) atoms. The summed E-state index contributed by atoms with van der Waals surface area (Å²) in [5.41, 5.74) is 2.99. The second-order valence-corrected chi connectivity index (χ2v) is 6.52. The maximum Gasteiger partial charge on any atom is 0.224 e. The van der Waals surface area contributed by atoms with E-state index in [-0.39, 0.29) is 18.0 Å². The van der Waals surface area contributed by atoms with Crippen LogP contribution < -0.4 is 10.6 Å². The maximum atomic E-state index is 12.6. The number of nitrogens with one attached hydrogen (secondary N) is 2. The van der Waals surface area contributed by atoms with E-state index < -0.39 is 0 Å². The molecular weight excluding hydrogens is 332 g/mol. The van der Waals surface area contributed by atoms with E-state index in [4.69, 9.17) is 4.74 Å². The quantitative estimate of drug-likeness (QED) is 0.807. The van der Waals surface area contributed by atoms with Gasteiger partial charge >= 0.3 is 0 Å². The van der Waals surface area contributed by atoms with Gasteiger partial charge in [0.2, 0.25) is 5.91 Å². The molecule has 0 aromatic carbocycles. The fraction of sp³-hybridized carbons (Fsp3) is 0.556. The Morgan fingerprint density at radius 1 is 1.38 bits per heavy atom. The summed E-state index contributed by atoms with van der Waals surface area (Å²) in [7, 11) is 0. The molecule has 2 N–H and O–H groups in total. The van der Waals surface area contributed by atoms with Gasteiger partial charge in [0.25, 0.3) is 0 Å². The number of carbonyl (C=O) groups is 1. The number of hydrogen-bond acceptors (Lipinski definition) is 6. The summed E-state index contributed by atoms with van der Waals surface area (Å²) in [5.74, 6) is 0.735. The largest absolute Gasteiger partial charge is 0.379 e. The fourth-order valence-electron chi connectivity index (χ4n) is 3.34. The summed E-state index contributed by atoms with van der Waals surface area (Å²) in [4.78, 5) is 20.7. The average Bonchev–Trinajstić information content (AvgIpc) is 2.92. The highest BCUT2D eigenvalue weighted by atomic mass is 16.5. The average molecular weight is 358 g/mol. The zero-order chi connectivity index (χ0) is 18.5. The lowest BCUT2D eigenvalue weighted by molar-refractivity contribution is -0.121. The van der Waals surface area contributed by atoms with E-state index in [2.05, 4.69) is 32.6 Å². The van der Waals surface area contributed by atoms with Crippen molar-refractivity contribution in [1.82, 2.24) is 25.1 Å². The third-order valence-electron chi connectivity index (χ3n) is 4.79. The number of nitrogens with zero attached hydrogens (tertiary/aromatic N) is 4. The molecule has 0 radical (unpaired) electrons. The molecule has 140 valence electrons. The topological polar surface area (TPSA) is 94.0 Å². The van der Waals surface area contributed by atoms with Crippen LogP contribution in [0.15, 0.2) is 18.6 Å². The van der Waals surface area contributed by atoms with Crippen molar-refractivity contribution in [2.24, 2.45) is 0 Å². The first kappa shape index (κ1) is 18.3. The molecule has 1 aliphatic heterocycles. The highest BCUT2D eigenvalue weighted by Crippen LogP contribution is 2.16. The summed E-state index contributed by atoms with van der Waals surface area (Å²) in [5, 5.41) is 11.0. The highest BCUT2D eigenvalue weighted by molar-refractivity contribution is 5.79. The number of aromatic nitrogens is 4. The van der Waals surface area contributed by atoms with Crippen LogP contribution in [0.1, 0.15) is 30.3 Å². The van der Waals surface area contributed by atoms with Crippen molar-refractivity contribution in [2.45, 2.75) is 52.2 Å². The number of amides is 1. The molecule has 8 nitrogen and oxygen atoms in total. The van der Waals surface area contributed by atoms with Gasteiger partial charge in [-0.25, -0.2) is 9.97 Å². The Kier molecular flexibility index (Phi) is 5.82. The van der Waals surface area contributed by atoms with E-state index in [1.54, 1.807) is 12.3 Å². The molecular formula is C18H26N6O2. The van der Waals surface area contributed by atoms with Crippen molar-refractivity contribution in [2.75, 3.05) is 18.5 Å². The minimum Gasteiger partial charge on any atom is -0.379 e. The van der Waals surface area contributed by atoms with E-state index in [1.165, 1.54) is 6.33 Å². The zero-order valence-corrected chi connectivity index (χ0v) is 15.5. The van der Waals surface area contributed by atoms with E-state index in [1.807, 2.05) is 18.5 Å². The van der Waals surface area contributed by atoms with E-state index >= 15 is 0 Å². The smallest absolute Gasteiger partial charge is 0.224 e. The second-order valence-electron chi connectivity index (χ2n) is 6.52. The molecule has 1 saturated heterocycles. The molecule has 2 aromatic rings. The van der Waals surface area contributed by atoms with Gasteiger partial charge in [-0.15, -0.1) is 0 Å². The van der Waals surface area contributed by atoms with Crippen molar-refractivity contribution in [3.05, 3.63) is 35.5 Å². The molecule has 1 amide bonds. The third kappa shape index (κ3) is 4.19. The van der Waals surface area contributed by atoms with Gasteiger partial charge in [0.1, 0.15) is 12.1 Å². The number of hydrogen-bond donors (Lipinski definition) is 2. The maximum absolute atomic E-state index is 12.6. The first-order valence-corrected chi connectivity index (χ1v) is 9.01. The molecule has 1 aliphatic rings. The molecule has 8 heteroatoms. The summed E-state index contributed by atoms with van der Waals surface area (Å²) in [6.07, 6.45) is 4.29. The van der Waals surface area contributed by atoms with Crippen LogP contribution in [0.25, 0.3) is 0 Å². The molecule has 0 bridgehead atoms. The molecule has 3 rings (SSSR count).